The topological polar surface area (TPSA) is 72.6 Å². The lowest BCUT2D eigenvalue weighted by Gasteiger charge is -2.30. The highest BCUT2D eigenvalue weighted by Crippen LogP contribution is 2.14. The van der Waals surface area contributed by atoms with Gasteiger partial charge in [0.05, 0.1) is 6.61 Å². The third-order valence-electron chi connectivity index (χ3n) is 3.96. The molecular formula is C17H24N2O3. The predicted molar refractivity (Wildman–Crippen MR) is 85.0 cm³/mol. The molecule has 1 saturated heterocycles. The van der Waals surface area contributed by atoms with Crippen molar-refractivity contribution in [1.29, 1.82) is 0 Å². The van der Waals surface area contributed by atoms with Crippen LogP contribution in [0.1, 0.15) is 43.0 Å². The fourth-order valence-electron chi connectivity index (χ4n) is 2.51. The number of nitrogens with zero attached hydrogens (tertiary/aromatic N) is 1. The van der Waals surface area contributed by atoms with Gasteiger partial charge in [0.25, 0.3) is 0 Å². The van der Waals surface area contributed by atoms with Crippen molar-refractivity contribution in [3.8, 4) is 5.75 Å². The van der Waals surface area contributed by atoms with Crippen LogP contribution in [0, 0.1) is 0 Å². The van der Waals surface area contributed by atoms with Gasteiger partial charge in [-0.15, -0.1) is 0 Å². The molecule has 1 aromatic rings. The minimum absolute atomic E-state index is 0.0402. The van der Waals surface area contributed by atoms with Crippen LogP contribution >= 0.6 is 0 Å². The molecular weight excluding hydrogens is 280 g/mol. The Morgan fingerprint density at radius 3 is 2.45 bits per heavy atom. The van der Waals surface area contributed by atoms with Crippen LogP contribution in [0.3, 0.4) is 0 Å². The van der Waals surface area contributed by atoms with E-state index in [1.54, 1.807) is 24.3 Å². The summed E-state index contributed by atoms with van der Waals surface area (Å²) < 4.78 is 5.59. The molecule has 0 saturated carbocycles. The molecule has 5 nitrogen and oxygen atoms in total. The van der Waals surface area contributed by atoms with Gasteiger partial charge in [-0.25, -0.2) is 0 Å². The van der Waals surface area contributed by atoms with Gasteiger partial charge in [-0.1, -0.05) is 0 Å². The predicted octanol–water partition coefficient (Wildman–Crippen LogP) is 2.00. The number of benzene rings is 1. The first-order valence-electron chi connectivity index (χ1n) is 7.83. The molecule has 1 aliphatic heterocycles. The Bertz CT molecular complexity index is 505. The molecule has 1 heterocycles. The van der Waals surface area contributed by atoms with Gasteiger partial charge < -0.3 is 15.4 Å². The van der Waals surface area contributed by atoms with Gasteiger partial charge in [0.15, 0.2) is 5.78 Å². The van der Waals surface area contributed by atoms with Crippen molar-refractivity contribution in [2.75, 3.05) is 19.7 Å². The number of Topliss-reactive ketones (excluding diaryl/α,β-unsaturated/α-hetero) is 1. The Hall–Kier alpha value is -1.88. The van der Waals surface area contributed by atoms with Gasteiger partial charge in [0, 0.05) is 31.1 Å². The standard InChI is InChI=1S/C17H24N2O3/c1-13(20)14-4-6-16(7-5-14)22-12-2-3-17(21)19-10-8-15(18)9-11-19/h4-7,15H,2-3,8-12,18H2,1H3. The van der Waals surface area contributed by atoms with Crippen molar-refractivity contribution in [3.05, 3.63) is 29.8 Å². The molecule has 0 radical (unpaired) electrons. The Morgan fingerprint density at radius 2 is 1.86 bits per heavy atom. The minimum Gasteiger partial charge on any atom is -0.494 e. The summed E-state index contributed by atoms with van der Waals surface area (Å²) in [5.74, 6) is 0.946. The summed E-state index contributed by atoms with van der Waals surface area (Å²) in [4.78, 5) is 25.1. The molecule has 0 unspecified atom stereocenters. The first-order chi connectivity index (χ1) is 10.6. The molecule has 0 aliphatic carbocycles. The molecule has 1 aliphatic rings. The van der Waals surface area contributed by atoms with E-state index in [1.165, 1.54) is 6.92 Å². The summed E-state index contributed by atoms with van der Waals surface area (Å²) in [6.45, 7) is 3.58. The zero-order valence-electron chi connectivity index (χ0n) is 13.1. The zero-order valence-corrected chi connectivity index (χ0v) is 13.1. The van der Waals surface area contributed by atoms with Crippen molar-refractivity contribution < 1.29 is 14.3 Å². The van der Waals surface area contributed by atoms with Gasteiger partial charge in [0.2, 0.25) is 5.91 Å². The van der Waals surface area contributed by atoms with Crippen LogP contribution in [-0.2, 0) is 4.79 Å². The maximum Gasteiger partial charge on any atom is 0.222 e. The van der Waals surface area contributed by atoms with Crippen molar-refractivity contribution in [1.82, 2.24) is 4.90 Å². The van der Waals surface area contributed by atoms with Gasteiger partial charge in [-0.2, -0.15) is 0 Å². The number of carbonyl (C=O) groups is 2. The van der Waals surface area contributed by atoms with Crippen molar-refractivity contribution >= 4 is 11.7 Å². The van der Waals surface area contributed by atoms with Crippen LogP contribution in [0.5, 0.6) is 5.75 Å². The van der Waals surface area contributed by atoms with Crippen LogP contribution < -0.4 is 10.5 Å². The lowest BCUT2D eigenvalue weighted by molar-refractivity contribution is -0.132. The average molecular weight is 304 g/mol. The molecule has 0 aromatic heterocycles. The van der Waals surface area contributed by atoms with Gasteiger partial charge in [-0.3, -0.25) is 9.59 Å². The zero-order chi connectivity index (χ0) is 15.9. The number of hydrogen-bond acceptors (Lipinski definition) is 4. The Kier molecular flexibility index (Phi) is 5.95. The summed E-state index contributed by atoms with van der Waals surface area (Å²) in [5.41, 5.74) is 6.51. The number of hydrogen-bond donors (Lipinski definition) is 1. The molecule has 1 amide bonds. The summed E-state index contributed by atoms with van der Waals surface area (Å²) in [6, 6.07) is 7.31. The molecule has 2 N–H and O–H groups in total. The van der Waals surface area contributed by atoms with E-state index in [1.807, 2.05) is 4.90 Å². The molecule has 0 bridgehead atoms. The van der Waals surface area contributed by atoms with E-state index in [9.17, 15) is 9.59 Å². The lowest BCUT2D eigenvalue weighted by atomic mass is 10.1. The normalized spacial score (nSPS) is 15.6. The van der Waals surface area contributed by atoms with Crippen LogP contribution in [0.15, 0.2) is 24.3 Å². The number of likely N-dealkylation sites (tertiary alicyclic amines) is 1. The monoisotopic (exact) mass is 304 g/mol. The van der Waals surface area contributed by atoms with Gasteiger partial charge in [0.1, 0.15) is 5.75 Å². The number of piperidine rings is 1. The maximum atomic E-state index is 12.0. The molecule has 120 valence electrons. The van der Waals surface area contributed by atoms with Crippen LogP contribution in [0.25, 0.3) is 0 Å². The van der Waals surface area contributed by atoms with E-state index >= 15 is 0 Å². The Balaban J connectivity index is 1.66. The molecule has 1 aromatic carbocycles. The van der Waals surface area contributed by atoms with Crippen molar-refractivity contribution in [2.24, 2.45) is 5.73 Å². The van der Waals surface area contributed by atoms with E-state index in [0.717, 1.165) is 31.7 Å². The fourth-order valence-corrected chi connectivity index (χ4v) is 2.51. The maximum absolute atomic E-state index is 12.0. The molecule has 5 heteroatoms. The van der Waals surface area contributed by atoms with E-state index < -0.39 is 0 Å². The summed E-state index contributed by atoms with van der Waals surface area (Å²) >= 11 is 0. The van der Waals surface area contributed by atoms with Crippen LogP contribution in [0.2, 0.25) is 0 Å². The number of amides is 1. The molecule has 1 fully saturated rings. The highest BCUT2D eigenvalue weighted by molar-refractivity contribution is 5.94. The minimum atomic E-state index is 0.0402. The summed E-state index contributed by atoms with van der Waals surface area (Å²) in [5, 5.41) is 0. The Labute approximate surface area is 131 Å². The van der Waals surface area contributed by atoms with E-state index in [-0.39, 0.29) is 17.7 Å². The highest BCUT2D eigenvalue weighted by Gasteiger charge is 2.19. The number of ether oxygens (including phenoxy) is 1. The Morgan fingerprint density at radius 1 is 1.23 bits per heavy atom. The second-order valence-corrected chi connectivity index (χ2v) is 5.75. The molecule has 0 atom stereocenters. The fraction of sp³-hybridized carbons (Fsp3) is 0.529. The lowest BCUT2D eigenvalue weighted by Crippen LogP contribution is -2.42. The second-order valence-electron chi connectivity index (χ2n) is 5.75. The van der Waals surface area contributed by atoms with Crippen molar-refractivity contribution in [2.45, 2.75) is 38.6 Å². The third kappa shape index (κ3) is 4.84. The quantitative estimate of drug-likeness (QED) is 0.644. The number of rotatable bonds is 6. The van der Waals surface area contributed by atoms with Gasteiger partial charge in [-0.05, 0) is 50.5 Å². The molecule has 0 spiro atoms. The third-order valence-corrected chi connectivity index (χ3v) is 3.96. The number of carbonyl (C=O) groups excluding carboxylic acids is 2. The SMILES string of the molecule is CC(=O)c1ccc(OCCCC(=O)N2CCC(N)CC2)cc1. The molecule has 22 heavy (non-hydrogen) atoms. The van der Waals surface area contributed by atoms with E-state index in [0.29, 0.717) is 25.0 Å². The van der Waals surface area contributed by atoms with E-state index in [2.05, 4.69) is 0 Å². The first kappa shape index (κ1) is 16.5. The highest BCUT2D eigenvalue weighted by atomic mass is 16.5. The summed E-state index contributed by atoms with van der Waals surface area (Å²) in [7, 11) is 0. The average Bonchev–Trinajstić information content (AvgIpc) is 2.52. The molecule has 2 rings (SSSR count). The van der Waals surface area contributed by atoms with Crippen LogP contribution in [0.4, 0.5) is 0 Å². The largest absolute Gasteiger partial charge is 0.494 e. The smallest absolute Gasteiger partial charge is 0.222 e. The van der Waals surface area contributed by atoms with E-state index in [4.69, 9.17) is 10.5 Å². The summed E-state index contributed by atoms with van der Waals surface area (Å²) in [6.07, 6.45) is 2.98. The number of ketones is 1. The van der Waals surface area contributed by atoms with Crippen LogP contribution in [-0.4, -0.2) is 42.3 Å². The number of nitrogens with two attached hydrogens (primary N) is 1. The van der Waals surface area contributed by atoms with Gasteiger partial charge >= 0.3 is 0 Å². The first-order valence-corrected chi connectivity index (χ1v) is 7.83. The van der Waals surface area contributed by atoms with Crippen molar-refractivity contribution in [3.63, 3.8) is 0 Å². The second kappa shape index (κ2) is 7.94.